The van der Waals surface area contributed by atoms with Crippen LogP contribution in [0, 0.1) is 0 Å². The third-order valence-corrected chi connectivity index (χ3v) is 11.2. The molecule has 3 aliphatic rings. The molecule has 3 N–H and O–H groups in total. The molecule has 5 aromatic heterocycles. The van der Waals surface area contributed by atoms with Crippen LogP contribution < -0.4 is 5.73 Å². The molecular formula is C28H28N10O3S2. The number of rotatable bonds is 5. The second-order valence-corrected chi connectivity index (χ2v) is 14.6. The highest BCUT2D eigenvalue weighted by molar-refractivity contribution is 7.91. The molecule has 0 aromatic carbocycles. The van der Waals surface area contributed by atoms with Crippen LogP contribution in [0.3, 0.4) is 0 Å². The summed E-state index contributed by atoms with van der Waals surface area (Å²) in [4.78, 5) is 33.6. The second kappa shape index (κ2) is 9.64. The van der Waals surface area contributed by atoms with Crippen LogP contribution in [0.4, 0.5) is 5.82 Å². The number of nitrogens with zero attached hydrogens (tertiary/aromatic N) is 8. The van der Waals surface area contributed by atoms with E-state index in [1.165, 1.54) is 21.4 Å². The summed E-state index contributed by atoms with van der Waals surface area (Å²) in [5.41, 5.74) is 10.9. The van der Waals surface area contributed by atoms with Gasteiger partial charge in [0.2, 0.25) is 5.82 Å². The van der Waals surface area contributed by atoms with Crippen LogP contribution in [-0.4, -0.2) is 77.3 Å². The highest BCUT2D eigenvalue weighted by Gasteiger charge is 2.46. The van der Waals surface area contributed by atoms with Gasteiger partial charge >= 0.3 is 0 Å². The van der Waals surface area contributed by atoms with Crippen LogP contribution in [0.15, 0.2) is 35.7 Å². The van der Waals surface area contributed by atoms with E-state index in [9.17, 15) is 13.2 Å². The molecule has 2 bridgehead atoms. The van der Waals surface area contributed by atoms with Gasteiger partial charge < -0.3 is 15.6 Å². The fourth-order valence-corrected chi connectivity index (χ4v) is 9.21. The summed E-state index contributed by atoms with van der Waals surface area (Å²) in [7, 11) is -3.75. The Morgan fingerprint density at radius 3 is 2.60 bits per heavy atom. The van der Waals surface area contributed by atoms with Crippen molar-refractivity contribution in [1.29, 1.82) is 0 Å². The normalized spacial score (nSPS) is 21.5. The number of sulfone groups is 1. The Balaban J connectivity index is 1.17. The first kappa shape index (κ1) is 26.4. The summed E-state index contributed by atoms with van der Waals surface area (Å²) >= 11 is 1.70. The van der Waals surface area contributed by atoms with E-state index in [-0.39, 0.29) is 40.4 Å². The number of pyridine rings is 1. The van der Waals surface area contributed by atoms with Gasteiger partial charge in [0.15, 0.2) is 15.5 Å². The van der Waals surface area contributed by atoms with Gasteiger partial charge in [-0.05, 0) is 51.0 Å². The third-order valence-electron chi connectivity index (χ3n) is 8.90. The van der Waals surface area contributed by atoms with Crippen molar-refractivity contribution in [2.75, 3.05) is 12.0 Å². The lowest BCUT2D eigenvalue weighted by Crippen LogP contribution is -2.46. The molecule has 2 aliphatic heterocycles. The Morgan fingerprint density at radius 1 is 1.12 bits per heavy atom. The van der Waals surface area contributed by atoms with Crippen molar-refractivity contribution < 1.29 is 13.2 Å². The summed E-state index contributed by atoms with van der Waals surface area (Å²) in [5.74, 6) is -0.156. The van der Waals surface area contributed by atoms with Gasteiger partial charge in [-0.2, -0.15) is 9.61 Å². The zero-order valence-electron chi connectivity index (χ0n) is 23.3. The molecule has 1 amide bonds. The van der Waals surface area contributed by atoms with E-state index < -0.39 is 9.84 Å². The number of thiazole rings is 1. The van der Waals surface area contributed by atoms with E-state index in [0.29, 0.717) is 29.7 Å². The minimum Gasteiger partial charge on any atom is -0.382 e. The van der Waals surface area contributed by atoms with Crippen molar-refractivity contribution in [3.63, 3.8) is 0 Å². The summed E-state index contributed by atoms with van der Waals surface area (Å²) in [6.07, 6.45) is 12.0. The lowest BCUT2D eigenvalue weighted by Gasteiger charge is -2.38. The number of hydrogen-bond acceptors (Lipinski definition) is 11. The van der Waals surface area contributed by atoms with Crippen LogP contribution in [0.1, 0.15) is 64.9 Å². The third kappa shape index (κ3) is 4.24. The second-order valence-electron chi connectivity index (χ2n) is 11.6. The number of aryl methyl sites for hydroxylation is 2. The number of fused-ring (bicyclic) bond motifs is 4. The quantitative estimate of drug-likeness (QED) is 0.298. The fraction of sp³-hybridized carbons (Fsp3) is 0.393. The minimum atomic E-state index is -3.75. The van der Waals surface area contributed by atoms with Crippen molar-refractivity contribution in [2.24, 2.45) is 0 Å². The highest BCUT2D eigenvalue weighted by atomic mass is 32.2. The van der Waals surface area contributed by atoms with Crippen molar-refractivity contribution in [1.82, 2.24) is 44.6 Å². The maximum atomic E-state index is 13.2. The number of nitrogens with one attached hydrogen (secondary N) is 1. The van der Waals surface area contributed by atoms with E-state index >= 15 is 0 Å². The number of anilines is 1. The smallest absolute Gasteiger partial charge is 0.292 e. The molecule has 5 aromatic rings. The lowest BCUT2D eigenvalue weighted by atomic mass is 9.87. The van der Waals surface area contributed by atoms with Crippen molar-refractivity contribution >= 4 is 38.5 Å². The monoisotopic (exact) mass is 616 g/mol. The Labute approximate surface area is 250 Å². The molecule has 43 heavy (non-hydrogen) atoms. The molecule has 7 heterocycles. The Morgan fingerprint density at radius 2 is 1.93 bits per heavy atom. The molecule has 0 saturated carbocycles. The fourth-order valence-electron chi connectivity index (χ4n) is 7.02. The maximum absolute atomic E-state index is 13.2. The van der Waals surface area contributed by atoms with Crippen LogP contribution in [-0.2, 0) is 22.7 Å². The molecule has 0 radical (unpaired) electrons. The van der Waals surface area contributed by atoms with E-state index in [2.05, 4.69) is 20.3 Å². The summed E-state index contributed by atoms with van der Waals surface area (Å²) in [6.45, 7) is 0. The Hall–Kier alpha value is -4.24. The molecule has 0 spiro atoms. The summed E-state index contributed by atoms with van der Waals surface area (Å²) in [5, 5.41) is 13.0. The predicted octanol–water partition coefficient (Wildman–Crippen LogP) is 3.06. The Bertz CT molecular complexity index is 1960. The van der Waals surface area contributed by atoms with Gasteiger partial charge in [-0.25, -0.2) is 18.4 Å². The first-order chi connectivity index (χ1) is 20.8. The number of aromatic amines is 1. The van der Waals surface area contributed by atoms with Crippen LogP contribution in [0.25, 0.3) is 27.5 Å². The number of H-pyrrole nitrogens is 1. The largest absolute Gasteiger partial charge is 0.382 e. The van der Waals surface area contributed by atoms with E-state index in [4.69, 9.17) is 20.7 Å². The number of carbonyl (C=O) groups is 1. The van der Waals surface area contributed by atoms with Gasteiger partial charge in [0.1, 0.15) is 22.0 Å². The van der Waals surface area contributed by atoms with Crippen LogP contribution >= 0.6 is 11.3 Å². The number of nitrogens with two attached hydrogens (primary N) is 1. The van der Waals surface area contributed by atoms with Crippen molar-refractivity contribution in [3.8, 4) is 21.8 Å². The number of aromatic nitrogens is 8. The molecule has 220 valence electrons. The van der Waals surface area contributed by atoms with E-state index in [0.717, 1.165) is 54.6 Å². The van der Waals surface area contributed by atoms with Gasteiger partial charge in [-0.1, -0.05) is 6.07 Å². The zero-order valence-corrected chi connectivity index (χ0v) is 24.9. The van der Waals surface area contributed by atoms with E-state index in [1.807, 2.05) is 17.0 Å². The molecule has 8 rings (SSSR count). The Kier molecular flexibility index (Phi) is 5.92. The molecule has 3 atom stereocenters. The molecule has 15 heteroatoms. The highest BCUT2D eigenvalue weighted by Crippen LogP contribution is 2.45. The molecule has 0 unspecified atom stereocenters. The molecule has 13 nitrogen and oxygen atoms in total. The van der Waals surface area contributed by atoms with Gasteiger partial charge in [0.25, 0.3) is 5.91 Å². The number of amides is 1. The molecular weight excluding hydrogens is 589 g/mol. The van der Waals surface area contributed by atoms with Crippen LogP contribution in [0.2, 0.25) is 0 Å². The molecule has 2 saturated heterocycles. The first-order valence-corrected chi connectivity index (χ1v) is 17.0. The van der Waals surface area contributed by atoms with E-state index in [1.54, 1.807) is 23.7 Å². The van der Waals surface area contributed by atoms with Crippen LogP contribution in [0.5, 0.6) is 0 Å². The van der Waals surface area contributed by atoms with Crippen molar-refractivity contribution in [3.05, 3.63) is 52.9 Å². The predicted molar refractivity (Wildman–Crippen MR) is 158 cm³/mol. The maximum Gasteiger partial charge on any atom is 0.292 e. The minimum absolute atomic E-state index is 0.000600. The van der Waals surface area contributed by atoms with Gasteiger partial charge in [0, 0.05) is 46.5 Å². The topological polar surface area (TPSA) is 178 Å². The van der Waals surface area contributed by atoms with Gasteiger partial charge in [-0.15, -0.1) is 21.5 Å². The first-order valence-electron chi connectivity index (χ1n) is 14.3. The summed E-state index contributed by atoms with van der Waals surface area (Å²) < 4.78 is 27.6. The van der Waals surface area contributed by atoms with Gasteiger partial charge in [-0.3, -0.25) is 9.78 Å². The number of carbonyl (C=O) groups excluding carboxylic acids is 1. The molecule has 1 aliphatic carbocycles. The van der Waals surface area contributed by atoms with Crippen molar-refractivity contribution in [2.45, 2.75) is 67.8 Å². The molecule has 2 fully saturated rings. The number of nitrogen functional groups attached to an aromatic ring is 1. The van der Waals surface area contributed by atoms with Gasteiger partial charge in [0.05, 0.1) is 23.3 Å². The zero-order chi connectivity index (χ0) is 29.5. The lowest BCUT2D eigenvalue weighted by molar-refractivity contribution is 0.0556. The standard InChI is InChI=1S/C28H28N10O3S2/c1-43(40,41)23-22(15-9-16-6-7-17(10-15)37(16)28(39)25-31-13-32-36-25)35-26-18(12-33-38(26)24(23)29)14-5-8-20(30-11-14)27-34-19-3-2-4-21(19)42-27/h5,8,11-13,15-17H,2-4,6-7,9-10,29H2,1H3,(H,31,32,36)/t15-,16+,17-. The number of piperidine rings is 1. The SMILES string of the molecule is CS(=O)(=O)c1c([C@H]2C[C@H]3CC[C@@H](C2)N3C(=O)c2nnc[nH]2)nc2c(-c3ccc(-c4nc5c(s4)CCC5)nc3)cnn2c1N. The summed E-state index contributed by atoms with van der Waals surface area (Å²) in [6, 6.07) is 3.77. The average Bonchev–Trinajstić information content (AvgIpc) is 3.81. The number of hydrogen-bond donors (Lipinski definition) is 2. The average molecular weight is 617 g/mol.